The van der Waals surface area contributed by atoms with Gasteiger partial charge in [-0.15, -0.1) is 0 Å². The highest BCUT2D eigenvalue weighted by Crippen LogP contribution is 2.29. The lowest BCUT2D eigenvalue weighted by molar-refractivity contribution is -0.393. The summed E-state index contributed by atoms with van der Waals surface area (Å²) in [5.74, 6) is 0. The van der Waals surface area contributed by atoms with E-state index in [0.29, 0.717) is 5.71 Å². The van der Waals surface area contributed by atoms with Gasteiger partial charge in [0, 0.05) is 56.8 Å². The van der Waals surface area contributed by atoms with Crippen LogP contribution in [0, 0.1) is 20.2 Å². The van der Waals surface area contributed by atoms with E-state index in [-0.39, 0.29) is 11.4 Å². The summed E-state index contributed by atoms with van der Waals surface area (Å²) in [5, 5.41) is 26.9. The van der Waals surface area contributed by atoms with Crippen LogP contribution in [0.25, 0.3) is 0 Å². The molecule has 0 aliphatic heterocycles. The predicted octanol–water partition coefficient (Wildman–Crippen LogP) is 4.50. The van der Waals surface area contributed by atoms with Gasteiger partial charge in [0.05, 0.1) is 21.6 Å². The van der Waals surface area contributed by atoms with Crippen molar-refractivity contribution in [3.8, 4) is 0 Å². The number of benzene rings is 3. The number of anilines is 3. The van der Waals surface area contributed by atoms with Crippen LogP contribution >= 0.6 is 0 Å². The molecule has 10 nitrogen and oxygen atoms in total. The van der Waals surface area contributed by atoms with Gasteiger partial charge in [-0.05, 0) is 30.3 Å². The molecule has 0 aliphatic carbocycles. The van der Waals surface area contributed by atoms with Crippen LogP contribution in [-0.2, 0) is 0 Å². The molecule has 0 fully saturated rings. The lowest BCUT2D eigenvalue weighted by atomic mass is 10.0. The van der Waals surface area contributed by atoms with E-state index in [4.69, 9.17) is 0 Å². The number of rotatable bonds is 8. The second-order valence-electron chi connectivity index (χ2n) is 7.67. The van der Waals surface area contributed by atoms with Crippen LogP contribution in [0.15, 0.2) is 71.8 Å². The molecular formula is C23H24N6O4. The van der Waals surface area contributed by atoms with Crippen molar-refractivity contribution < 1.29 is 9.85 Å². The van der Waals surface area contributed by atoms with Gasteiger partial charge < -0.3 is 9.80 Å². The third-order valence-corrected chi connectivity index (χ3v) is 4.99. The zero-order valence-corrected chi connectivity index (χ0v) is 18.7. The number of hydrazone groups is 1. The maximum Gasteiger partial charge on any atom is 0.301 e. The molecule has 10 heteroatoms. The van der Waals surface area contributed by atoms with Gasteiger partial charge >= 0.3 is 5.69 Å². The van der Waals surface area contributed by atoms with Crippen molar-refractivity contribution in [2.24, 2.45) is 5.10 Å². The third-order valence-electron chi connectivity index (χ3n) is 4.99. The van der Waals surface area contributed by atoms with Gasteiger partial charge in [0.15, 0.2) is 0 Å². The van der Waals surface area contributed by atoms with E-state index in [1.165, 1.54) is 12.1 Å². The van der Waals surface area contributed by atoms with Gasteiger partial charge in [-0.1, -0.05) is 24.3 Å². The highest BCUT2D eigenvalue weighted by Gasteiger charge is 2.19. The van der Waals surface area contributed by atoms with Gasteiger partial charge in [0.1, 0.15) is 5.69 Å². The third kappa shape index (κ3) is 5.42. The number of nitrogens with one attached hydrogen (secondary N) is 1. The van der Waals surface area contributed by atoms with Crippen molar-refractivity contribution in [1.82, 2.24) is 0 Å². The number of nitro groups is 2. The number of non-ortho nitro benzene ring substituents is 1. The molecule has 0 heterocycles. The molecule has 0 aliphatic rings. The summed E-state index contributed by atoms with van der Waals surface area (Å²) in [6.07, 6.45) is 0. The fourth-order valence-corrected chi connectivity index (χ4v) is 3.13. The standard InChI is InChI=1S/C23H24N6O4/c1-26(2)18-9-5-16(6-10-18)23(17-7-11-19(12-8-17)27(3)4)25-24-21-14-13-20(28(30)31)15-22(21)29(32)33/h5-15,24H,1-4H3. The Labute approximate surface area is 191 Å². The molecule has 0 saturated carbocycles. The van der Waals surface area contributed by atoms with Crippen molar-refractivity contribution in [2.45, 2.75) is 0 Å². The maximum absolute atomic E-state index is 11.5. The SMILES string of the molecule is CN(C)c1ccc(C(=NNc2ccc([N+](=O)[O-])cc2[N+](=O)[O-])c2ccc(N(C)C)cc2)cc1. The zero-order valence-electron chi connectivity index (χ0n) is 18.7. The van der Waals surface area contributed by atoms with E-state index in [1.807, 2.05) is 86.5 Å². The van der Waals surface area contributed by atoms with E-state index >= 15 is 0 Å². The Balaban J connectivity index is 2.05. The molecule has 0 bridgehead atoms. The molecule has 3 aromatic carbocycles. The van der Waals surface area contributed by atoms with Crippen molar-refractivity contribution in [3.63, 3.8) is 0 Å². The number of nitro benzene ring substituents is 2. The Morgan fingerprint density at radius 2 is 1.24 bits per heavy atom. The summed E-state index contributed by atoms with van der Waals surface area (Å²) < 4.78 is 0. The van der Waals surface area contributed by atoms with Crippen molar-refractivity contribution in [2.75, 3.05) is 43.4 Å². The second-order valence-corrected chi connectivity index (χ2v) is 7.67. The molecule has 0 aromatic heterocycles. The topological polar surface area (TPSA) is 117 Å². The number of nitrogens with zero attached hydrogens (tertiary/aromatic N) is 5. The Hall–Kier alpha value is -4.47. The fourth-order valence-electron chi connectivity index (χ4n) is 3.13. The highest BCUT2D eigenvalue weighted by atomic mass is 16.6. The average Bonchev–Trinajstić information content (AvgIpc) is 2.79. The van der Waals surface area contributed by atoms with Crippen LogP contribution in [0.4, 0.5) is 28.4 Å². The van der Waals surface area contributed by atoms with Gasteiger partial charge in [-0.25, -0.2) is 0 Å². The van der Waals surface area contributed by atoms with Gasteiger partial charge in [0.2, 0.25) is 0 Å². The number of hydrogen-bond acceptors (Lipinski definition) is 8. The summed E-state index contributed by atoms with van der Waals surface area (Å²) in [7, 11) is 7.77. The molecule has 0 saturated heterocycles. The quantitative estimate of drug-likeness (QED) is 0.306. The van der Waals surface area contributed by atoms with Gasteiger partial charge in [0.25, 0.3) is 5.69 Å². The largest absolute Gasteiger partial charge is 0.378 e. The second kappa shape index (κ2) is 9.77. The molecule has 3 aromatic rings. The summed E-state index contributed by atoms with van der Waals surface area (Å²) in [4.78, 5) is 25.1. The van der Waals surface area contributed by atoms with Crippen LogP contribution < -0.4 is 15.2 Å². The Morgan fingerprint density at radius 1 is 0.758 bits per heavy atom. The molecule has 1 N–H and O–H groups in total. The first kappa shape index (κ1) is 23.2. The van der Waals surface area contributed by atoms with Gasteiger partial charge in [-0.2, -0.15) is 5.10 Å². The fraction of sp³-hybridized carbons (Fsp3) is 0.174. The van der Waals surface area contributed by atoms with E-state index < -0.39 is 15.5 Å². The minimum atomic E-state index is -0.678. The Kier molecular flexibility index (Phi) is 6.87. The van der Waals surface area contributed by atoms with Crippen LogP contribution in [0.5, 0.6) is 0 Å². The van der Waals surface area contributed by atoms with Crippen LogP contribution in [0.2, 0.25) is 0 Å². The van der Waals surface area contributed by atoms with E-state index in [1.54, 1.807) is 0 Å². The minimum Gasteiger partial charge on any atom is -0.378 e. The van der Waals surface area contributed by atoms with Crippen molar-refractivity contribution in [1.29, 1.82) is 0 Å². The Bertz CT molecular complexity index is 1140. The van der Waals surface area contributed by atoms with Crippen molar-refractivity contribution in [3.05, 3.63) is 98.1 Å². The highest BCUT2D eigenvalue weighted by molar-refractivity contribution is 6.13. The van der Waals surface area contributed by atoms with Crippen LogP contribution in [0.3, 0.4) is 0 Å². The molecule has 33 heavy (non-hydrogen) atoms. The molecule has 0 spiro atoms. The van der Waals surface area contributed by atoms with Gasteiger partial charge in [-0.3, -0.25) is 25.7 Å². The monoisotopic (exact) mass is 448 g/mol. The van der Waals surface area contributed by atoms with E-state index in [2.05, 4.69) is 10.5 Å². The first-order valence-corrected chi connectivity index (χ1v) is 9.99. The normalized spacial score (nSPS) is 10.3. The molecule has 0 amide bonds. The Morgan fingerprint density at radius 3 is 1.64 bits per heavy atom. The summed E-state index contributed by atoms with van der Waals surface area (Å²) in [5.41, 5.74) is 6.19. The molecule has 170 valence electrons. The van der Waals surface area contributed by atoms with Crippen LogP contribution in [-0.4, -0.2) is 43.7 Å². The lowest BCUT2D eigenvalue weighted by Gasteiger charge is -2.15. The molecule has 0 unspecified atom stereocenters. The number of hydrogen-bond donors (Lipinski definition) is 1. The minimum absolute atomic E-state index is 0.0536. The van der Waals surface area contributed by atoms with Crippen LogP contribution in [0.1, 0.15) is 11.1 Å². The summed E-state index contributed by atoms with van der Waals surface area (Å²) >= 11 is 0. The molecule has 0 atom stereocenters. The first-order chi connectivity index (χ1) is 15.7. The summed E-state index contributed by atoms with van der Waals surface area (Å²) in [6.45, 7) is 0. The zero-order chi connectivity index (χ0) is 24.1. The van der Waals surface area contributed by atoms with E-state index in [0.717, 1.165) is 28.6 Å². The first-order valence-electron chi connectivity index (χ1n) is 9.99. The molecule has 0 radical (unpaired) electrons. The lowest BCUT2D eigenvalue weighted by Crippen LogP contribution is -2.11. The molecular weight excluding hydrogens is 424 g/mol. The molecule has 3 rings (SSSR count). The smallest absolute Gasteiger partial charge is 0.301 e. The maximum atomic E-state index is 11.5. The predicted molar refractivity (Wildman–Crippen MR) is 131 cm³/mol. The average molecular weight is 448 g/mol. The van der Waals surface area contributed by atoms with E-state index in [9.17, 15) is 20.2 Å². The van der Waals surface area contributed by atoms with Crippen molar-refractivity contribution >= 4 is 34.1 Å². The summed E-state index contributed by atoms with van der Waals surface area (Å²) in [6, 6.07) is 18.9.